The maximum Gasteiger partial charge on any atom is 0.343 e. The Labute approximate surface area is 218 Å². The Balaban J connectivity index is 2.93. The molecule has 0 saturated carbocycles. The largest absolute Gasteiger partial charge is 0.421 e. The smallest absolute Gasteiger partial charge is 0.343 e. The van der Waals surface area contributed by atoms with E-state index in [4.69, 9.17) is 82.7 Å². The summed E-state index contributed by atoms with van der Waals surface area (Å²) in [5.74, 6) is -1.35. The average molecular weight is 569 g/mol. The molecule has 0 unspecified atom stereocenters. The van der Waals surface area contributed by atoms with Gasteiger partial charge in [-0.3, -0.25) is 4.79 Å². The van der Waals surface area contributed by atoms with Crippen LogP contribution in [0, 0.1) is 0 Å². The van der Waals surface area contributed by atoms with Crippen LogP contribution in [0.15, 0.2) is 0 Å². The Kier molecular flexibility index (Phi) is 14.3. The molecule has 0 aliphatic heterocycles. The minimum Gasteiger partial charge on any atom is -0.421 e. The molecule has 1 amide bonds. The zero-order chi connectivity index (χ0) is 25.1. The molecule has 0 aromatic heterocycles. The number of nitrogens with two attached hydrogens (primary N) is 1. The Morgan fingerprint density at radius 2 is 1.42 bits per heavy atom. The van der Waals surface area contributed by atoms with Crippen molar-refractivity contribution in [3.63, 3.8) is 0 Å². The number of hydrogen-bond acceptors (Lipinski definition) is 7. The topological polar surface area (TPSA) is 109 Å². The van der Waals surface area contributed by atoms with Gasteiger partial charge in [-0.2, -0.15) is 0 Å². The van der Waals surface area contributed by atoms with Gasteiger partial charge in [-0.1, -0.05) is 64.4 Å². The van der Waals surface area contributed by atoms with Crippen LogP contribution in [0.5, 0.6) is 5.75 Å². The quantitative estimate of drug-likeness (QED) is 0.112. The van der Waals surface area contributed by atoms with Gasteiger partial charge in [-0.25, -0.2) is 4.79 Å². The van der Waals surface area contributed by atoms with Crippen molar-refractivity contribution >= 4 is 69.9 Å². The van der Waals surface area contributed by atoms with Crippen LogP contribution in [-0.4, -0.2) is 64.6 Å². The second-order valence-corrected chi connectivity index (χ2v) is 8.74. The summed E-state index contributed by atoms with van der Waals surface area (Å²) in [4.78, 5) is 25.0. The summed E-state index contributed by atoms with van der Waals surface area (Å²) in [5, 5.41) is 2.03. The third-order valence-electron chi connectivity index (χ3n) is 4.71. The first kappa shape index (κ1) is 30.5. The number of rotatable bonds is 14. The Morgan fingerprint density at radius 1 is 0.848 bits per heavy atom. The average Bonchev–Trinajstić information content (AvgIpc) is 2.81. The van der Waals surface area contributed by atoms with Gasteiger partial charge in [0.05, 0.1) is 15.1 Å². The number of nitrogens with one attached hydrogen (secondary N) is 1. The van der Waals surface area contributed by atoms with Crippen molar-refractivity contribution in [2.24, 2.45) is 5.73 Å². The third-order valence-corrected chi connectivity index (χ3v) is 6.95. The molecule has 0 heterocycles. The zero-order valence-corrected chi connectivity index (χ0v) is 22.2. The van der Waals surface area contributed by atoms with Gasteiger partial charge in [0.2, 0.25) is 5.91 Å². The van der Waals surface area contributed by atoms with Gasteiger partial charge in [0.25, 0.3) is 0 Å². The SMILES string of the molecule is CO[C@@H]([C@@H](CNC(=O)CCCCCN)OC)[C@@H](OC)C(=O)Oc1c(Cl)c(Cl)c(Cl)c(Cl)c1Cl. The number of methoxy groups -OCH3 is 3. The van der Waals surface area contributed by atoms with Gasteiger partial charge in [-0.05, 0) is 19.4 Å². The summed E-state index contributed by atoms with van der Waals surface area (Å²) in [6.07, 6.45) is -0.199. The van der Waals surface area contributed by atoms with Crippen molar-refractivity contribution in [3.8, 4) is 5.75 Å². The lowest BCUT2D eigenvalue weighted by molar-refractivity contribution is -0.163. The van der Waals surface area contributed by atoms with E-state index in [1.54, 1.807) is 0 Å². The predicted molar refractivity (Wildman–Crippen MR) is 130 cm³/mol. The lowest BCUT2D eigenvalue weighted by atomic mass is 10.1. The molecule has 0 saturated heterocycles. The molecule has 0 spiro atoms. The number of carbonyl (C=O) groups is 2. The summed E-state index contributed by atoms with van der Waals surface area (Å²) in [5.41, 5.74) is 5.45. The summed E-state index contributed by atoms with van der Waals surface area (Å²) >= 11 is 30.3. The van der Waals surface area contributed by atoms with Gasteiger partial charge >= 0.3 is 5.97 Å². The van der Waals surface area contributed by atoms with Gasteiger partial charge in [0.1, 0.15) is 22.3 Å². The molecule has 8 nitrogen and oxygen atoms in total. The zero-order valence-electron chi connectivity index (χ0n) is 18.4. The van der Waals surface area contributed by atoms with Crippen LogP contribution in [0.4, 0.5) is 0 Å². The molecular formula is C20H27Cl5N2O6. The molecule has 1 aromatic rings. The number of carbonyl (C=O) groups excluding carboxylic acids is 2. The predicted octanol–water partition coefficient (Wildman–Crippen LogP) is 4.54. The van der Waals surface area contributed by atoms with E-state index in [0.717, 1.165) is 19.3 Å². The second kappa shape index (κ2) is 15.4. The molecule has 0 bridgehead atoms. The van der Waals surface area contributed by atoms with Gasteiger partial charge < -0.3 is 30.0 Å². The Morgan fingerprint density at radius 3 is 1.91 bits per heavy atom. The van der Waals surface area contributed by atoms with Gasteiger partial charge in [0, 0.05) is 34.3 Å². The molecule has 1 rings (SSSR count). The van der Waals surface area contributed by atoms with Crippen LogP contribution < -0.4 is 15.8 Å². The molecule has 188 valence electrons. The lowest BCUT2D eigenvalue weighted by Gasteiger charge is -2.30. The first-order chi connectivity index (χ1) is 15.6. The summed E-state index contributed by atoms with van der Waals surface area (Å²) < 4.78 is 21.5. The van der Waals surface area contributed by atoms with Crippen molar-refractivity contribution in [1.82, 2.24) is 5.32 Å². The lowest BCUT2D eigenvalue weighted by Crippen LogP contribution is -2.51. The van der Waals surface area contributed by atoms with Crippen LogP contribution in [0.2, 0.25) is 25.1 Å². The highest BCUT2D eigenvalue weighted by Crippen LogP contribution is 2.48. The molecule has 1 aromatic carbocycles. The molecule has 0 aliphatic carbocycles. The van der Waals surface area contributed by atoms with Crippen LogP contribution >= 0.6 is 58.0 Å². The first-order valence-electron chi connectivity index (χ1n) is 9.92. The molecule has 3 atom stereocenters. The highest BCUT2D eigenvalue weighted by atomic mass is 35.5. The highest BCUT2D eigenvalue weighted by Gasteiger charge is 2.38. The maximum absolute atomic E-state index is 12.9. The minimum atomic E-state index is -1.28. The van der Waals surface area contributed by atoms with Crippen molar-refractivity contribution in [2.75, 3.05) is 34.4 Å². The van der Waals surface area contributed by atoms with Gasteiger partial charge in [-0.15, -0.1) is 0 Å². The molecule has 13 heteroatoms. The van der Waals surface area contributed by atoms with Crippen LogP contribution in [0.1, 0.15) is 25.7 Å². The van der Waals surface area contributed by atoms with E-state index in [2.05, 4.69) is 5.32 Å². The summed E-state index contributed by atoms with van der Waals surface area (Å²) in [7, 11) is 4.06. The number of unbranched alkanes of at least 4 members (excludes halogenated alkanes) is 2. The first-order valence-corrected chi connectivity index (χ1v) is 11.8. The fourth-order valence-corrected chi connectivity index (χ4v) is 4.11. The monoisotopic (exact) mass is 566 g/mol. The van der Waals surface area contributed by atoms with Crippen LogP contribution in [0.3, 0.4) is 0 Å². The minimum absolute atomic E-state index is 0.0674. The summed E-state index contributed by atoms with van der Waals surface area (Å²) in [6.45, 7) is 0.653. The van der Waals surface area contributed by atoms with E-state index in [1.165, 1.54) is 21.3 Å². The van der Waals surface area contributed by atoms with Crippen molar-refractivity contribution in [2.45, 2.75) is 44.0 Å². The standard InChI is InChI=1S/C20H27Cl5N2O6/c1-30-10(9-27-11(28)7-5-4-6-8-26)17(31-2)19(32-3)20(29)33-18-15(24)13(22)12(21)14(23)16(18)25/h10,17,19H,4-9,26H2,1-3H3,(H,27,28)/t10-,17+,19-/m1/s1. The number of halogens is 5. The maximum atomic E-state index is 12.9. The van der Waals surface area contributed by atoms with Crippen molar-refractivity contribution < 1.29 is 28.5 Å². The Hall–Kier alpha value is -0.550. The second-order valence-electron chi connectivity index (χ2n) is 6.85. The number of benzene rings is 1. The van der Waals surface area contributed by atoms with E-state index in [-0.39, 0.29) is 43.3 Å². The van der Waals surface area contributed by atoms with E-state index in [9.17, 15) is 9.59 Å². The van der Waals surface area contributed by atoms with Crippen LogP contribution in [-0.2, 0) is 23.8 Å². The molecular weight excluding hydrogens is 541 g/mol. The third kappa shape index (κ3) is 8.56. The van der Waals surface area contributed by atoms with Gasteiger partial charge in [0.15, 0.2) is 11.9 Å². The Bertz CT molecular complexity index is 785. The fourth-order valence-electron chi connectivity index (χ4n) is 2.91. The number of esters is 1. The van der Waals surface area contributed by atoms with E-state index < -0.39 is 24.3 Å². The fraction of sp³-hybridized carbons (Fsp3) is 0.600. The van der Waals surface area contributed by atoms with Crippen molar-refractivity contribution in [3.05, 3.63) is 25.1 Å². The normalized spacial score (nSPS) is 14.0. The van der Waals surface area contributed by atoms with E-state index in [1.807, 2.05) is 0 Å². The number of amides is 1. The van der Waals surface area contributed by atoms with E-state index in [0.29, 0.717) is 13.0 Å². The van der Waals surface area contributed by atoms with Crippen molar-refractivity contribution in [1.29, 1.82) is 0 Å². The number of hydrogen-bond donors (Lipinski definition) is 2. The molecule has 0 fully saturated rings. The van der Waals surface area contributed by atoms with Crippen LogP contribution in [0.25, 0.3) is 0 Å². The van der Waals surface area contributed by atoms with E-state index >= 15 is 0 Å². The number of ether oxygens (including phenoxy) is 4. The highest BCUT2D eigenvalue weighted by molar-refractivity contribution is 6.55. The molecule has 3 N–H and O–H groups in total. The molecule has 0 radical (unpaired) electrons. The summed E-state index contributed by atoms with van der Waals surface area (Å²) in [6, 6.07) is 0. The molecule has 33 heavy (non-hydrogen) atoms. The molecule has 0 aliphatic rings.